The van der Waals surface area contributed by atoms with E-state index in [0.29, 0.717) is 25.9 Å². The zero-order valence-corrected chi connectivity index (χ0v) is 45.7. The molecule has 67 heavy (non-hydrogen) atoms. The van der Waals surface area contributed by atoms with Crippen LogP contribution in [0.5, 0.6) is 0 Å². The predicted molar refractivity (Wildman–Crippen MR) is 292 cm³/mol. The second kappa shape index (κ2) is 57.4. The molecule has 6 nitrogen and oxygen atoms in total. The molecule has 0 spiro atoms. The van der Waals surface area contributed by atoms with Crippen LogP contribution in [0.3, 0.4) is 0 Å². The van der Waals surface area contributed by atoms with Gasteiger partial charge in [0, 0.05) is 12.8 Å². The van der Waals surface area contributed by atoms with E-state index in [9.17, 15) is 19.8 Å². The molecule has 1 amide bonds. The normalized spacial score (nSPS) is 12.5. The van der Waals surface area contributed by atoms with Crippen molar-refractivity contribution >= 4 is 11.9 Å². The van der Waals surface area contributed by atoms with Crippen LogP contribution >= 0.6 is 0 Å². The van der Waals surface area contributed by atoms with Crippen molar-refractivity contribution < 1.29 is 24.5 Å². The molecule has 0 aromatic rings. The summed E-state index contributed by atoms with van der Waals surface area (Å²) in [6, 6.07) is -0.541. The van der Waals surface area contributed by atoms with Crippen LogP contribution in [0.25, 0.3) is 0 Å². The minimum atomic E-state index is -0.664. The third-order valence-corrected chi connectivity index (χ3v) is 14.7. The van der Waals surface area contributed by atoms with Crippen LogP contribution in [0.1, 0.15) is 354 Å². The minimum absolute atomic E-state index is 0.0146. The molecule has 0 heterocycles. The first kappa shape index (κ1) is 65.9. The van der Waals surface area contributed by atoms with E-state index in [2.05, 4.69) is 19.2 Å². The van der Waals surface area contributed by atoms with Crippen LogP contribution in [-0.2, 0) is 14.3 Å². The molecule has 0 saturated heterocycles. The number of hydrogen-bond donors (Lipinski definition) is 3. The van der Waals surface area contributed by atoms with E-state index in [1.165, 1.54) is 283 Å². The molecule has 6 heteroatoms. The number of nitrogens with one attached hydrogen (secondary N) is 1. The molecule has 2 unspecified atom stereocenters. The number of hydrogen-bond acceptors (Lipinski definition) is 5. The lowest BCUT2D eigenvalue weighted by atomic mass is 10.0. The van der Waals surface area contributed by atoms with E-state index in [0.717, 1.165) is 38.5 Å². The Balaban J connectivity index is 3.36. The van der Waals surface area contributed by atoms with Gasteiger partial charge in [0.05, 0.1) is 25.4 Å². The number of esters is 1. The molecule has 0 rings (SSSR count). The van der Waals surface area contributed by atoms with Gasteiger partial charge in [0.2, 0.25) is 5.91 Å². The van der Waals surface area contributed by atoms with Gasteiger partial charge in [-0.15, -0.1) is 0 Å². The summed E-state index contributed by atoms with van der Waals surface area (Å²) in [4.78, 5) is 24.5. The van der Waals surface area contributed by atoms with E-state index in [4.69, 9.17) is 4.74 Å². The molecule has 0 aromatic heterocycles. The molecular weight excluding hydrogens is 827 g/mol. The third-order valence-electron chi connectivity index (χ3n) is 14.7. The Morgan fingerprint density at radius 1 is 0.358 bits per heavy atom. The molecular formula is C61H121NO5. The first-order valence-electron chi connectivity index (χ1n) is 30.8. The highest BCUT2D eigenvalue weighted by atomic mass is 16.5. The maximum absolute atomic E-state index is 12.5. The van der Waals surface area contributed by atoms with Gasteiger partial charge in [-0.1, -0.05) is 316 Å². The molecule has 0 saturated carbocycles. The van der Waals surface area contributed by atoms with Gasteiger partial charge >= 0.3 is 5.97 Å². The summed E-state index contributed by atoms with van der Waals surface area (Å²) in [6.45, 7) is 4.98. The second-order valence-corrected chi connectivity index (χ2v) is 21.4. The Morgan fingerprint density at radius 2 is 0.612 bits per heavy atom. The van der Waals surface area contributed by atoms with Gasteiger partial charge in [0.1, 0.15) is 0 Å². The molecule has 0 aliphatic rings. The first-order chi connectivity index (χ1) is 33.0. The second-order valence-electron chi connectivity index (χ2n) is 21.4. The highest BCUT2D eigenvalue weighted by Crippen LogP contribution is 2.18. The minimum Gasteiger partial charge on any atom is -0.466 e. The predicted octanol–water partition coefficient (Wildman–Crippen LogP) is 19.1. The van der Waals surface area contributed by atoms with E-state index >= 15 is 0 Å². The van der Waals surface area contributed by atoms with Crippen molar-refractivity contribution in [2.45, 2.75) is 366 Å². The van der Waals surface area contributed by atoms with Crippen LogP contribution in [-0.4, -0.2) is 47.4 Å². The zero-order valence-electron chi connectivity index (χ0n) is 45.7. The number of rotatable bonds is 58. The summed E-state index contributed by atoms with van der Waals surface area (Å²) in [5.74, 6) is -0.0192. The SMILES string of the molecule is CCCCCCCCCCCCCCCCCC(=O)OCCCCCCCCCCCCCCCCCCCCCCC(=O)NC(CO)C(O)CCCCCCCCCCCCCCCCC. The van der Waals surface area contributed by atoms with Crippen molar-refractivity contribution in [3.63, 3.8) is 0 Å². The fourth-order valence-electron chi connectivity index (χ4n) is 9.94. The van der Waals surface area contributed by atoms with Crippen LogP contribution in [0.2, 0.25) is 0 Å². The lowest BCUT2D eigenvalue weighted by Gasteiger charge is -2.22. The maximum atomic E-state index is 12.5. The maximum Gasteiger partial charge on any atom is 0.305 e. The Morgan fingerprint density at radius 3 is 0.910 bits per heavy atom. The van der Waals surface area contributed by atoms with Gasteiger partial charge in [-0.3, -0.25) is 9.59 Å². The molecule has 0 radical (unpaired) electrons. The molecule has 0 bridgehead atoms. The molecule has 0 aliphatic carbocycles. The number of carbonyl (C=O) groups is 2. The average Bonchev–Trinajstić information content (AvgIpc) is 3.33. The summed E-state index contributed by atoms with van der Waals surface area (Å²) in [7, 11) is 0. The Labute approximate surface area is 419 Å². The fourth-order valence-corrected chi connectivity index (χ4v) is 9.94. The van der Waals surface area contributed by atoms with E-state index in [1.807, 2.05) is 0 Å². The van der Waals surface area contributed by atoms with Gasteiger partial charge in [-0.25, -0.2) is 0 Å². The van der Waals surface area contributed by atoms with Crippen molar-refractivity contribution in [1.29, 1.82) is 0 Å². The molecule has 0 aromatic carbocycles. The van der Waals surface area contributed by atoms with Crippen molar-refractivity contribution in [1.82, 2.24) is 5.32 Å². The fraction of sp³-hybridized carbons (Fsp3) is 0.967. The number of aliphatic hydroxyl groups is 2. The van der Waals surface area contributed by atoms with E-state index in [-0.39, 0.29) is 18.5 Å². The number of aliphatic hydroxyl groups excluding tert-OH is 2. The van der Waals surface area contributed by atoms with Crippen molar-refractivity contribution in [2.75, 3.05) is 13.2 Å². The largest absolute Gasteiger partial charge is 0.466 e. The summed E-state index contributed by atoms with van der Waals surface area (Å²) >= 11 is 0. The van der Waals surface area contributed by atoms with Crippen molar-refractivity contribution in [3.05, 3.63) is 0 Å². The highest BCUT2D eigenvalue weighted by molar-refractivity contribution is 5.76. The number of unbranched alkanes of at least 4 members (excludes halogenated alkanes) is 47. The van der Waals surface area contributed by atoms with Crippen LogP contribution < -0.4 is 5.32 Å². The molecule has 3 N–H and O–H groups in total. The topological polar surface area (TPSA) is 95.9 Å². The smallest absolute Gasteiger partial charge is 0.305 e. The highest BCUT2D eigenvalue weighted by Gasteiger charge is 2.20. The molecule has 0 aliphatic heterocycles. The van der Waals surface area contributed by atoms with Crippen molar-refractivity contribution in [3.8, 4) is 0 Å². The zero-order chi connectivity index (χ0) is 48.6. The Hall–Kier alpha value is -1.14. The average molecular weight is 949 g/mol. The summed E-state index contributed by atoms with van der Waals surface area (Å²) < 4.78 is 5.49. The van der Waals surface area contributed by atoms with Crippen LogP contribution in [0.15, 0.2) is 0 Å². The number of carbonyl (C=O) groups excluding carboxylic acids is 2. The van der Waals surface area contributed by atoms with Crippen LogP contribution in [0.4, 0.5) is 0 Å². The monoisotopic (exact) mass is 948 g/mol. The molecule has 2 atom stereocenters. The lowest BCUT2D eigenvalue weighted by molar-refractivity contribution is -0.143. The van der Waals surface area contributed by atoms with Crippen LogP contribution in [0, 0.1) is 0 Å². The van der Waals surface area contributed by atoms with Gasteiger partial charge in [0.15, 0.2) is 0 Å². The summed E-state index contributed by atoms with van der Waals surface area (Å²) in [6.07, 6.45) is 66.8. The van der Waals surface area contributed by atoms with Gasteiger partial charge < -0.3 is 20.3 Å². The lowest BCUT2D eigenvalue weighted by Crippen LogP contribution is -2.45. The number of ether oxygens (including phenoxy) is 1. The number of amides is 1. The van der Waals surface area contributed by atoms with Gasteiger partial charge in [0.25, 0.3) is 0 Å². The van der Waals surface area contributed by atoms with Crippen molar-refractivity contribution in [2.24, 2.45) is 0 Å². The Bertz CT molecular complexity index is 959. The quantitative estimate of drug-likeness (QED) is 0.0417. The third kappa shape index (κ3) is 54.0. The molecule has 0 fully saturated rings. The van der Waals surface area contributed by atoms with E-state index < -0.39 is 12.1 Å². The summed E-state index contributed by atoms with van der Waals surface area (Å²) in [5, 5.41) is 23.3. The first-order valence-corrected chi connectivity index (χ1v) is 30.8. The van der Waals surface area contributed by atoms with Gasteiger partial charge in [-0.05, 0) is 25.7 Å². The van der Waals surface area contributed by atoms with E-state index in [1.54, 1.807) is 0 Å². The van der Waals surface area contributed by atoms with Gasteiger partial charge in [-0.2, -0.15) is 0 Å². The Kier molecular flexibility index (Phi) is 56.5. The standard InChI is InChI=1S/C61H121NO5/c1-3-5-7-9-11-13-15-17-25-29-33-37-41-45-49-53-59(64)58(57-63)62-60(65)54-50-46-42-38-34-30-27-23-21-19-20-22-24-28-32-36-40-44-48-52-56-67-61(66)55-51-47-43-39-35-31-26-18-16-14-12-10-8-6-4-2/h58-59,63-64H,3-57H2,1-2H3,(H,62,65). The summed E-state index contributed by atoms with van der Waals surface area (Å²) in [5.41, 5.74) is 0. The molecule has 400 valence electrons.